The van der Waals surface area contributed by atoms with Crippen LogP contribution in [0.1, 0.15) is 5.56 Å². The van der Waals surface area contributed by atoms with Gasteiger partial charge >= 0.3 is 0 Å². The van der Waals surface area contributed by atoms with Gasteiger partial charge in [0.15, 0.2) is 0 Å². The Kier molecular flexibility index (Phi) is 3.87. The molecule has 0 bridgehead atoms. The highest BCUT2D eigenvalue weighted by molar-refractivity contribution is 7.92. The number of nitrogens with one attached hydrogen (secondary N) is 1. The maximum absolute atomic E-state index is 13.0. The first kappa shape index (κ1) is 14.6. The van der Waals surface area contributed by atoms with Crippen molar-refractivity contribution in [1.82, 2.24) is 0 Å². The molecule has 0 aliphatic heterocycles. The second-order valence-corrected chi connectivity index (χ2v) is 6.31. The van der Waals surface area contributed by atoms with Gasteiger partial charge in [0.2, 0.25) is 0 Å². The van der Waals surface area contributed by atoms with Crippen molar-refractivity contribution in [2.45, 2.75) is 11.8 Å². The van der Waals surface area contributed by atoms with Gasteiger partial charge in [0.1, 0.15) is 5.82 Å². The molecule has 0 unspecified atom stereocenters. The first-order valence-corrected chi connectivity index (χ1v) is 7.50. The number of nitrogen functional groups attached to an aromatic ring is 1. The molecule has 3 N–H and O–H groups in total. The average Bonchev–Trinajstić information content (AvgIpc) is 2.33. The number of nitrogens with two attached hydrogens (primary N) is 1. The van der Waals surface area contributed by atoms with Crippen LogP contribution in [0, 0.1) is 12.7 Å². The topological polar surface area (TPSA) is 72.2 Å². The fraction of sp³-hybridized carbons (Fsp3) is 0.0769. The Labute approximate surface area is 121 Å². The third-order valence-electron chi connectivity index (χ3n) is 2.68. The van der Waals surface area contributed by atoms with E-state index >= 15 is 0 Å². The van der Waals surface area contributed by atoms with E-state index in [1.807, 2.05) is 0 Å². The highest BCUT2D eigenvalue weighted by Gasteiger charge is 2.17. The Balaban J connectivity index is 2.38. The van der Waals surface area contributed by atoms with Crippen LogP contribution in [0.5, 0.6) is 0 Å². The minimum atomic E-state index is -3.81. The van der Waals surface area contributed by atoms with Gasteiger partial charge < -0.3 is 5.73 Å². The lowest BCUT2D eigenvalue weighted by Crippen LogP contribution is -2.14. The largest absolute Gasteiger partial charge is 0.398 e. The Morgan fingerprint density at radius 3 is 2.50 bits per heavy atom. The molecule has 20 heavy (non-hydrogen) atoms. The van der Waals surface area contributed by atoms with Gasteiger partial charge in [-0.2, -0.15) is 0 Å². The number of hydrogen-bond acceptors (Lipinski definition) is 3. The Hall–Kier alpha value is -1.79. The molecule has 0 atom stereocenters. The third-order valence-corrected chi connectivity index (χ3v) is 4.55. The zero-order valence-electron chi connectivity index (χ0n) is 10.5. The molecule has 0 spiro atoms. The Morgan fingerprint density at radius 1 is 1.20 bits per heavy atom. The average molecular weight is 315 g/mol. The van der Waals surface area contributed by atoms with Gasteiger partial charge in [0.25, 0.3) is 10.0 Å². The van der Waals surface area contributed by atoms with E-state index in [4.69, 9.17) is 17.3 Å². The minimum Gasteiger partial charge on any atom is -0.398 e. The molecule has 0 heterocycles. The summed E-state index contributed by atoms with van der Waals surface area (Å²) in [7, 11) is -3.81. The lowest BCUT2D eigenvalue weighted by molar-refractivity contribution is 0.598. The van der Waals surface area contributed by atoms with Crippen LogP contribution in [0.15, 0.2) is 41.3 Å². The molecule has 2 aromatic rings. The highest BCUT2D eigenvalue weighted by atomic mass is 35.5. The third kappa shape index (κ3) is 3.02. The minimum absolute atomic E-state index is 0.00634. The van der Waals surface area contributed by atoms with E-state index in [0.717, 1.165) is 12.1 Å². The maximum atomic E-state index is 13.0. The Morgan fingerprint density at radius 2 is 1.90 bits per heavy atom. The van der Waals surface area contributed by atoms with Crippen LogP contribution in [0.4, 0.5) is 15.8 Å². The van der Waals surface area contributed by atoms with Gasteiger partial charge in [-0.3, -0.25) is 4.72 Å². The zero-order chi connectivity index (χ0) is 14.9. The highest BCUT2D eigenvalue weighted by Crippen LogP contribution is 2.25. The molecule has 106 valence electrons. The van der Waals surface area contributed by atoms with Crippen LogP contribution in [0.3, 0.4) is 0 Å². The van der Waals surface area contributed by atoms with Crippen molar-refractivity contribution >= 4 is 33.0 Å². The Bertz CT molecular complexity index is 763. The summed E-state index contributed by atoms with van der Waals surface area (Å²) >= 11 is 5.83. The van der Waals surface area contributed by atoms with E-state index in [1.165, 1.54) is 31.2 Å². The van der Waals surface area contributed by atoms with Crippen LogP contribution in [0.2, 0.25) is 5.02 Å². The van der Waals surface area contributed by atoms with E-state index in [1.54, 1.807) is 0 Å². The van der Waals surface area contributed by atoms with Crippen LogP contribution in [-0.4, -0.2) is 8.42 Å². The van der Waals surface area contributed by atoms with Crippen molar-refractivity contribution in [3.05, 3.63) is 52.8 Å². The van der Waals surface area contributed by atoms with Crippen LogP contribution >= 0.6 is 11.6 Å². The molecule has 0 saturated heterocycles. The molecule has 2 aromatic carbocycles. The quantitative estimate of drug-likeness (QED) is 0.855. The second-order valence-electron chi connectivity index (χ2n) is 4.25. The summed E-state index contributed by atoms with van der Waals surface area (Å²) in [5.41, 5.74) is 6.51. The van der Waals surface area contributed by atoms with Crippen LogP contribution < -0.4 is 10.5 Å². The fourth-order valence-electron chi connectivity index (χ4n) is 1.72. The molecule has 0 radical (unpaired) electrons. The summed E-state index contributed by atoms with van der Waals surface area (Å²) in [6.45, 7) is 1.52. The molecule has 7 heteroatoms. The van der Waals surface area contributed by atoms with E-state index in [9.17, 15) is 12.8 Å². The number of hydrogen-bond donors (Lipinski definition) is 2. The predicted octanol–water partition coefficient (Wildman–Crippen LogP) is 3.17. The number of benzene rings is 2. The summed E-state index contributed by atoms with van der Waals surface area (Å²) in [5, 5.41) is 0.251. The number of anilines is 2. The fourth-order valence-corrected chi connectivity index (χ4v) is 3.17. The maximum Gasteiger partial charge on any atom is 0.262 e. The van der Waals surface area contributed by atoms with Crippen LogP contribution in [0.25, 0.3) is 0 Å². The molecule has 0 saturated carbocycles. The van der Waals surface area contributed by atoms with E-state index in [-0.39, 0.29) is 15.6 Å². The number of aryl methyl sites for hydroxylation is 1. The summed E-state index contributed by atoms with van der Waals surface area (Å²) in [6.07, 6.45) is 0. The molecule has 0 amide bonds. The second kappa shape index (κ2) is 5.30. The molecule has 2 rings (SSSR count). The molecular weight excluding hydrogens is 303 g/mol. The molecular formula is C13H12ClFN2O2S. The lowest BCUT2D eigenvalue weighted by Gasteiger charge is -2.11. The van der Waals surface area contributed by atoms with Crippen molar-refractivity contribution in [1.29, 1.82) is 0 Å². The van der Waals surface area contributed by atoms with Gasteiger partial charge in [-0.15, -0.1) is 0 Å². The smallest absolute Gasteiger partial charge is 0.262 e. The van der Waals surface area contributed by atoms with Crippen molar-refractivity contribution < 1.29 is 12.8 Å². The van der Waals surface area contributed by atoms with E-state index in [2.05, 4.69) is 4.72 Å². The normalized spacial score (nSPS) is 11.3. The predicted molar refractivity (Wildman–Crippen MR) is 77.8 cm³/mol. The standard InChI is InChI=1S/C13H12ClFN2O2S/c1-8-6-9(15)2-5-13(8)20(18,19)17-10-3-4-12(16)11(14)7-10/h2-7,17H,16H2,1H3. The number of rotatable bonds is 3. The number of halogens is 2. The summed E-state index contributed by atoms with van der Waals surface area (Å²) in [6, 6.07) is 7.87. The molecule has 0 aromatic heterocycles. The van der Waals surface area contributed by atoms with Crippen molar-refractivity contribution in [3.8, 4) is 0 Å². The van der Waals surface area contributed by atoms with Gasteiger partial charge in [-0.05, 0) is 48.9 Å². The molecule has 0 aliphatic rings. The lowest BCUT2D eigenvalue weighted by atomic mass is 10.2. The van der Waals surface area contributed by atoms with Gasteiger partial charge in [-0.25, -0.2) is 12.8 Å². The van der Waals surface area contributed by atoms with Crippen LogP contribution in [-0.2, 0) is 10.0 Å². The monoisotopic (exact) mass is 314 g/mol. The van der Waals surface area contributed by atoms with Crippen molar-refractivity contribution in [3.63, 3.8) is 0 Å². The van der Waals surface area contributed by atoms with Crippen molar-refractivity contribution in [2.24, 2.45) is 0 Å². The summed E-state index contributed by atoms with van der Waals surface area (Å²) in [4.78, 5) is 0.00634. The first-order chi connectivity index (χ1) is 9.29. The molecule has 0 fully saturated rings. The first-order valence-electron chi connectivity index (χ1n) is 5.63. The zero-order valence-corrected chi connectivity index (χ0v) is 12.1. The van der Waals surface area contributed by atoms with Gasteiger partial charge in [-0.1, -0.05) is 11.6 Å². The molecule has 4 nitrogen and oxygen atoms in total. The van der Waals surface area contributed by atoms with Crippen molar-refractivity contribution in [2.75, 3.05) is 10.5 Å². The summed E-state index contributed by atoms with van der Waals surface area (Å²) in [5.74, 6) is -0.489. The van der Waals surface area contributed by atoms with E-state index in [0.29, 0.717) is 11.3 Å². The molecule has 0 aliphatic carbocycles. The van der Waals surface area contributed by atoms with Gasteiger partial charge in [0, 0.05) is 0 Å². The van der Waals surface area contributed by atoms with Gasteiger partial charge in [0.05, 0.1) is 21.3 Å². The summed E-state index contributed by atoms with van der Waals surface area (Å²) < 4.78 is 39.8. The van der Waals surface area contributed by atoms with E-state index < -0.39 is 15.8 Å². The SMILES string of the molecule is Cc1cc(F)ccc1S(=O)(=O)Nc1ccc(N)c(Cl)c1. The number of sulfonamides is 1.